The van der Waals surface area contributed by atoms with E-state index in [9.17, 15) is 0 Å². The van der Waals surface area contributed by atoms with Gasteiger partial charge in [0.05, 0.1) is 6.54 Å². The van der Waals surface area contributed by atoms with Crippen molar-refractivity contribution in [1.82, 2.24) is 5.32 Å². The number of aryl methyl sites for hydroxylation is 3. The van der Waals surface area contributed by atoms with Crippen LogP contribution in [-0.4, -0.2) is 18.3 Å². The first-order valence-corrected chi connectivity index (χ1v) is 7.76. The Bertz CT molecular complexity index is 618. The predicted octanol–water partition coefficient (Wildman–Crippen LogP) is 3.98. The number of anilines is 1. The summed E-state index contributed by atoms with van der Waals surface area (Å²) in [7, 11) is 0. The van der Waals surface area contributed by atoms with Gasteiger partial charge in [-0.3, -0.25) is 0 Å². The van der Waals surface area contributed by atoms with E-state index in [0.717, 1.165) is 11.4 Å². The summed E-state index contributed by atoms with van der Waals surface area (Å²) in [6.45, 7) is 7.43. The zero-order valence-corrected chi connectivity index (χ0v) is 14.1. The first-order chi connectivity index (χ1) is 10.5. The summed E-state index contributed by atoms with van der Waals surface area (Å²) >= 11 is 5.29. The van der Waals surface area contributed by atoms with Crippen LogP contribution in [0.5, 0.6) is 5.75 Å². The molecule has 0 atom stereocenters. The Hall–Kier alpha value is -2.07. The van der Waals surface area contributed by atoms with E-state index < -0.39 is 0 Å². The molecular formula is C18H22N2OS. The van der Waals surface area contributed by atoms with E-state index in [4.69, 9.17) is 17.0 Å². The fraction of sp³-hybridized carbons (Fsp3) is 0.278. The van der Waals surface area contributed by atoms with Crippen LogP contribution in [0.25, 0.3) is 0 Å². The Morgan fingerprint density at radius 2 is 1.59 bits per heavy atom. The monoisotopic (exact) mass is 314 g/mol. The molecule has 2 rings (SSSR count). The smallest absolute Gasteiger partial charge is 0.170 e. The van der Waals surface area contributed by atoms with E-state index in [2.05, 4.69) is 49.6 Å². The third kappa shape index (κ3) is 5.37. The largest absolute Gasteiger partial charge is 0.492 e. The topological polar surface area (TPSA) is 33.3 Å². The van der Waals surface area contributed by atoms with Crippen LogP contribution in [0.3, 0.4) is 0 Å². The van der Waals surface area contributed by atoms with Crippen molar-refractivity contribution in [3.05, 3.63) is 59.2 Å². The van der Waals surface area contributed by atoms with Crippen LogP contribution in [0, 0.1) is 20.8 Å². The molecule has 3 nitrogen and oxygen atoms in total. The number of hydrogen-bond donors (Lipinski definition) is 2. The van der Waals surface area contributed by atoms with Crippen LogP contribution in [-0.2, 0) is 0 Å². The molecule has 22 heavy (non-hydrogen) atoms. The minimum Gasteiger partial charge on any atom is -0.492 e. The lowest BCUT2D eigenvalue weighted by Gasteiger charge is -2.12. The maximum Gasteiger partial charge on any atom is 0.170 e. The van der Waals surface area contributed by atoms with Gasteiger partial charge in [0, 0.05) is 5.69 Å². The molecule has 0 bridgehead atoms. The molecule has 0 unspecified atom stereocenters. The molecule has 0 aliphatic rings. The summed E-state index contributed by atoms with van der Waals surface area (Å²) in [6, 6.07) is 14.3. The zero-order valence-electron chi connectivity index (χ0n) is 13.3. The van der Waals surface area contributed by atoms with Gasteiger partial charge >= 0.3 is 0 Å². The van der Waals surface area contributed by atoms with Gasteiger partial charge in [0.25, 0.3) is 0 Å². The van der Waals surface area contributed by atoms with Gasteiger partial charge in [-0.2, -0.15) is 0 Å². The van der Waals surface area contributed by atoms with Gasteiger partial charge in [-0.05, 0) is 68.4 Å². The van der Waals surface area contributed by atoms with Crippen LogP contribution >= 0.6 is 12.2 Å². The summed E-state index contributed by atoms with van der Waals surface area (Å²) in [4.78, 5) is 0. The Morgan fingerprint density at radius 3 is 2.23 bits per heavy atom. The van der Waals surface area contributed by atoms with Crippen molar-refractivity contribution in [3.63, 3.8) is 0 Å². The standard InChI is InChI=1S/C18H22N2OS/c1-13-4-6-17(7-5-13)21-9-8-19-18(22)20-16-11-14(2)10-15(3)12-16/h4-7,10-12H,8-9H2,1-3H3,(H2,19,20,22). The minimum absolute atomic E-state index is 0.567. The van der Waals surface area contributed by atoms with E-state index >= 15 is 0 Å². The van der Waals surface area contributed by atoms with Gasteiger partial charge in [-0.15, -0.1) is 0 Å². The van der Waals surface area contributed by atoms with Gasteiger partial charge in [-0.1, -0.05) is 23.8 Å². The van der Waals surface area contributed by atoms with E-state index in [-0.39, 0.29) is 0 Å². The van der Waals surface area contributed by atoms with Gasteiger partial charge in [0.2, 0.25) is 0 Å². The lowest BCUT2D eigenvalue weighted by Crippen LogP contribution is -2.32. The summed E-state index contributed by atoms with van der Waals surface area (Å²) in [6.07, 6.45) is 0. The summed E-state index contributed by atoms with van der Waals surface area (Å²) in [5.74, 6) is 0.876. The highest BCUT2D eigenvalue weighted by molar-refractivity contribution is 7.80. The second kappa shape index (κ2) is 7.80. The molecule has 2 aromatic rings. The van der Waals surface area contributed by atoms with Gasteiger partial charge in [0.1, 0.15) is 12.4 Å². The fourth-order valence-electron chi connectivity index (χ4n) is 2.19. The molecule has 0 saturated heterocycles. The first-order valence-electron chi connectivity index (χ1n) is 7.35. The average molecular weight is 314 g/mol. The van der Waals surface area contributed by atoms with Crippen molar-refractivity contribution < 1.29 is 4.74 Å². The van der Waals surface area contributed by atoms with Crippen molar-refractivity contribution in [3.8, 4) is 5.75 Å². The maximum absolute atomic E-state index is 5.65. The van der Waals surface area contributed by atoms with Crippen molar-refractivity contribution >= 4 is 23.0 Å². The second-order valence-electron chi connectivity index (χ2n) is 5.42. The van der Waals surface area contributed by atoms with Crippen LogP contribution in [0.4, 0.5) is 5.69 Å². The quantitative estimate of drug-likeness (QED) is 0.646. The Balaban J connectivity index is 1.72. The molecule has 2 N–H and O–H groups in total. The van der Waals surface area contributed by atoms with Crippen LogP contribution < -0.4 is 15.4 Å². The normalized spacial score (nSPS) is 10.1. The number of ether oxygens (including phenoxy) is 1. The van der Waals surface area contributed by atoms with Crippen LogP contribution in [0.15, 0.2) is 42.5 Å². The highest BCUT2D eigenvalue weighted by atomic mass is 32.1. The van der Waals surface area contributed by atoms with Crippen LogP contribution in [0.2, 0.25) is 0 Å². The Kier molecular flexibility index (Phi) is 5.78. The predicted molar refractivity (Wildman–Crippen MR) is 96.8 cm³/mol. The summed E-state index contributed by atoms with van der Waals surface area (Å²) in [5.41, 5.74) is 4.67. The average Bonchev–Trinajstić information content (AvgIpc) is 2.44. The van der Waals surface area contributed by atoms with Crippen LogP contribution in [0.1, 0.15) is 16.7 Å². The molecule has 0 heterocycles. The van der Waals surface area contributed by atoms with Gasteiger partial charge < -0.3 is 15.4 Å². The number of nitrogens with one attached hydrogen (secondary N) is 2. The number of hydrogen-bond acceptors (Lipinski definition) is 2. The lowest BCUT2D eigenvalue weighted by molar-refractivity contribution is 0.322. The van der Waals surface area contributed by atoms with E-state index in [1.54, 1.807) is 0 Å². The molecule has 0 fully saturated rings. The van der Waals surface area contributed by atoms with Crippen molar-refractivity contribution in [1.29, 1.82) is 0 Å². The SMILES string of the molecule is Cc1ccc(OCCNC(=S)Nc2cc(C)cc(C)c2)cc1. The molecule has 0 saturated carbocycles. The fourth-order valence-corrected chi connectivity index (χ4v) is 2.41. The highest BCUT2D eigenvalue weighted by Gasteiger charge is 1.99. The lowest BCUT2D eigenvalue weighted by atomic mass is 10.1. The molecule has 0 spiro atoms. The van der Waals surface area contributed by atoms with E-state index in [0.29, 0.717) is 18.3 Å². The summed E-state index contributed by atoms with van der Waals surface area (Å²) < 4.78 is 5.65. The van der Waals surface area contributed by atoms with Gasteiger partial charge in [0.15, 0.2) is 5.11 Å². The number of benzene rings is 2. The second-order valence-corrected chi connectivity index (χ2v) is 5.83. The Morgan fingerprint density at radius 1 is 0.955 bits per heavy atom. The number of rotatable bonds is 5. The first kappa shape index (κ1) is 16.3. The molecule has 0 aliphatic heterocycles. The van der Waals surface area contributed by atoms with Gasteiger partial charge in [-0.25, -0.2) is 0 Å². The molecule has 0 amide bonds. The number of thiocarbonyl (C=S) groups is 1. The zero-order chi connectivity index (χ0) is 15.9. The van der Waals surface area contributed by atoms with E-state index in [1.165, 1.54) is 16.7 Å². The highest BCUT2D eigenvalue weighted by Crippen LogP contribution is 2.13. The third-order valence-electron chi connectivity index (χ3n) is 3.16. The molecule has 116 valence electrons. The Labute approximate surface area is 137 Å². The van der Waals surface area contributed by atoms with Crippen molar-refractivity contribution in [2.45, 2.75) is 20.8 Å². The third-order valence-corrected chi connectivity index (χ3v) is 3.40. The minimum atomic E-state index is 0.567. The molecule has 0 radical (unpaired) electrons. The van der Waals surface area contributed by atoms with E-state index in [1.807, 2.05) is 24.3 Å². The maximum atomic E-state index is 5.65. The molecule has 2 aromatic carbocycles. The molecule has 0 aromatic heterocycles. The summed E-state index contributed by atoms with van der Waals surface area (Å²) in [5, 5.41) is 6.95. The molecule has 0 aliphatic carbocycles. The van der Waals surface area contributed by atoms with Crippen molar-refractivity contribution in [2.24, 2.45) is 0 Å². The molecular weight excluding hydrogens is 292 g/mol. The van der Waals surface area contributed by atoms with Crippen molar-refractivity contribution in [2.75, 3.05) is 18.5 Å². The molecule has 4 heteroatoms.